The first kappa shape index (κ1) is 14.1. The Morgan fingerprint density at radius 3 is 3.19 bits per heavy atom. The molecule has 2 aromatic heterocycles. The van der Waals surface area contributed by atoms with Crippen LogP contribution in [0, 0.1) is 0 Å². The van der Waals surface area contributed by atoms with E-state index in [-0.39, 0.29) is 0 Å². The molecule has 0 unspecified atom stereocenters. The lowest BCUT2D eigenvalue weighted by Gasteiger charge is -2.29. The quantitative estimate of drug-likeness (QED) is 0.377. The summed E-state index contributed by atoms with van der Waals surface area (Å²) in [4.78, 5) is 13.4. The topological polar surface area (TPSA) is 42.7 Å². The van der Waals surface area contributed by atoms with E-state index in [1.54, 1.807) is 6.33 Å². The second kappa shape index (κ2) is 6.30. The number of nitrogens with zero attached hydrogens (tertiary/aromatic N) is 4. The minimum atomic E-state index is 0.638. The smallest absolute Gasteiger partial charge is 0.194 e. The Kier molecular flexibility index (Phi) is 4.24. The number of aromatic nitrogens is 2. The molecule has 1 aliphatic rings. The largest absolute Gasteiger partial charge is 0.394 e. The number of imidazole rings is 1. The van der Waals surface area contributed by atoms with E-state index < -0.39 is 0 Å². The highest BCUT2D eigenvalue weighted by molar-refractivity contribution is 7.10. The molecule has 1 aliphatic heterocycles. The first-order valence-corrected chi connectivity index (χ1v) is 8.14. The second-order valence-electron chi connectivity index (χ2n) is 5.18. The van der Waals surface area contributed by atoms with Crippen LogP contribution < -0.4 is 0 Å². The van der Waals surface area contributed by atoms with Gasteiger partial charge < -0.3 is 14.3 Å². The van der Waals surface area contributed by atoms with Crippen LogP contribution in [0.3, 0.4) is 0 Å². The van der Waals surface area contributed by atoms with Gasteiger partial charge in [-0.3, -0.25) is 0 Å². The lowest BCUT2D eigenvalue weighted by molar-refractivity contribution is 0.139. The molecule has 5 nitrogen and oxygen atoms in total. The number of hydrogen-bond donors (Lipinski definition) is 0. The molecule has 0 spiro atoms. The molecule has 0 aromatic carbocycles. The molecule has 112 valence electrons. The van der Waals surface area contributed by atoms with E-state index in [0.717, 1.165) is 37.5 Å². The summed E-state index contributed by atoms with van der Waals surface area (Å²) in [5.41, 5.74) is 2.39. The second-order valence-corrected chi connectivity index (χ2v) is 6.18. The number of hydrogen-bond acceptors (Lipinski definition) is 4. The van der Waals surface area contributed by atoms with Gasteiger partial charge in [-0.15, -0.1) is 11.3 Å². The van der Waals surface area contributed by atoms with Crippen molar-refractivity contribution in [2.24, 2.45) is 12.2 Å². The summed E-state index contributed by atoms with van der Waals surface area (Å²) < 4.78 is 1.98. The number of amidine groups is 1. The summed E-state index contributed by atoms with van der Waals surface area (Å²) in [6.45, 7) is 4.57. The number of fused-ring (bicyclic) bond motifs is 1. The SMILES string of the molecule is CCCO/N=C(/c1cncn1C)N1CCc2sccc2C1. The first-order valence-electron chi connectivity index (χ1n) is 7.26. The van der Waals surface area contributed by atoms with Crippen LogP contribution in [0.25, 0.3) is 0 Å². The maximum atomic E-state index is 5.45. The monoisotopic (exact) mass is 304 g/mol. The lowest BCUT2D eigenvalue weighted by atomic mass is 10.1. The number of oxime groups is 1. The molecule has 0 N–H and O–H groups in total. The van der Waals surface area contributed by atoms with Crippen molar-refractivity contribution >= 4 is 17.2 Å². The van der Waals surface area contributed by atoms with Crippen molar-refractivity contribution in [1.82, 2.24) is 14.5 Å². The van der Waals surface area contributed by atoms with Crippen molar-refractivity contribution in [1.29, 1.82) is 0 Å². The van der Waals surface area contributed by atoms with Crippen LogP contribution in [0.5, 0.6) is 0 Å². The Bertz CT molecular complexity index is 631. The van der Waals surface area contributed by atoms with E-state index in [1.165, 1.54) is 10.4 Å². The van der Waals surface area contributed by atoms with E-state index in [1.807, 2.05) is 29.1 Å². The molecule has 6 heteroatoms. The average Bonchev–Trinajstić information content (AvgIpc) is 3.12. The molecular weight excluding hydrogens is 284 g/mol. The van der Waals surface area contributed by atoms with Crippen molar-refractivity contribution < 1.29 is 4.84 Å². The zero-order valence-corrected chi connectivity index (χ0v) is 13.3. The third-order valence-electron chi connectivity index (χ3n) is 3.60. The van der Waals surface area contributed by atoms with Gasteiger partial charge in [0.05, 0.1) is 12.5 Å². The third kappa shape index (κ3) is 2.95. The molecular formula is C15H20N4OS. The van der Waals surface area contributed by atoms with Crippen LogP contribution in [0.2, 0.25) is 0 Å². The van der Waals surface area contributed by atoms with E-state index in [4.69, 9.17) is 4.84 Å². The van der Waals surface area contributed by atoms with E-state index in [9.17, 15) is 0 Å². The van der Waals surface area contributed by atoms with Crippen molar-refractivity contribution in [3.05, 3.63) is 40.1 Å². The van der Waals surface area contributed by atoms with Crippen molar-refractivity contribution in [3.63, 3.8) is 0 Å². The van der Waals surface area contributed by atoms with Crippen LogP contribution in [0.1, 0.15) is 29.5 Å². The van der Waals surface area contributed by atoms with Crippen LogP contribution in [-0.4, -0.2) is 33.4 Å². The van der Waals surface area contributed by atoms with E-state index in [2.05, 4.69) is 33.4 Å². The van der Waals surface area contributed by atoms with Crippen molar-refractivity contribution in [2.75, 3.05) is 13.2 Å². The summed E-state index contributed by atoms with van der Waals surface area (Å²) in [6, 6.07) is 2.21. The Morgan fingerprint density at radius 2 is 2.43 bits per heavy atom. The number of thiophene rings is 1. The van der Waals surface area contributed by atoms with Crippen LogP contribution >= 0.6 is 11.3 Å². The fourth-order valence-electron chi connectivity index (χ4n) is 2.47. The minimum absolute atomic E-state index is 0.638. The van der Waals surface area contributed by atoms with E-state index >= 15 is 0 Å². The molecule has 21 heavy (non-hydrogen) atoms. The third-order valence-corrected chi connectivity index (χ3v) is 4.62. The fourth-order valence-corrected chi connectivity index (χ4v) is 3.36. The van der Waals surface area contributed by atoms with Crippen molar-refractivity contribution in [3.8, 4) is 0 Å². The van der Waals surface area contributed by atoms with Crippen molar-refractivity contribution in [2.45, 2.75) is 26.3 Å². The molecule has 0 aliphatic carbocycles. The molecule has 0 bridgehead atoms. The highest BCUT2D eigenvalue weighted by Gasteiger charge is 2.23. The molecule has 0 fully saturated rings. The summed E-state index contributed by atoms with van der Waals surface area (Å²) in [5, 5.41) is 6.55. The van der Waals surface area contributed by atoms with Crippen LogP contribution in [0.15, 0.2) is 29.1 Å². The predicted octanol–water partition coefficient (Wildman–Crippen LogP) is 2.63. The zero-order chi connectivity index (χ0) is 14.7. The number of rotatable bonds is 4. The van der Waals surface area contributed by atoms with Gasteiger partial charge in [-0.05, 0) is 29.9 Å². The average molecular weight is 304 g/mol. The normalized spacial score (nSPS) is 15.1. The Hall–Kier alpha value is -1.82. The molecule has 0 saturated heterocycles. The Morgan fingerprint density at radius 1 is 1.52 bits per heavy atom. The van der Waals surface area contributed by atoms with Gasteiger partial charge in [0.1, 0.15) is 12.3 Å². The number of aryl methyl sites for hydroxylation is 1. The standard InChI is InChI=1S/C15H20N4OS/c1-3-7-20-17-15(13-9-16-11-18(13)2)19-6-4-14-12(10-19)5-8-21-14/h5,8-9,11H,3-4,6-7,10H2,1-2H3/b17-15-. The fraction of sp³-hybridized carbons (Fsp3) is 0.467. The first-order chi connectivity index (χ1) is 10.3. The predicted molar refractivity (Wildman–Crippen MR) is 84.4 cm³/mol. The molecule has 0 amide bonds. The van der Waals surface area contributed by atoms with Gasteiger partial charge in [0.25, 0.3) is 0 Å². The zero-order valence-electron chi connectivity index (χ0n) is 12.5. The molecule has 3 rings (SSSR count). The van der Waals surface area contributed by atoms with Gasteiger partial charge >= 0.3 is 0 Å². The highest BCUT2D eigenvalue weighted by Crippen LogP contribution is 2.25. The van der Waals surface area contributed by atoms with Gasteiger partial charge in [0.15, 0.2) is 5.84 Å². The van der Waals surface area contributed by atoms with Gasteiger partial charge in [0.2, 0.25) is 0 Å². The highest BCUT2D eigenvalue weighted by atomic mass is 32.1. The summed E-state index contributed by atoms with van der Waals surface area (Å²) in [6.07, 6.45) is 5.66. The lowest BCUT2D eigenvalue weighted by Crippen LogP contribution is -2.37. The molecule has 2 aromatic rings. The summed E-state index contributed by atoms with van der Waals surface area (Å²) >= 11 is 1.85. The molecule has 0 atom stereocenters. The van der Waals surface area contributed by atoms with E-state index in [0.29, 0.717) is 6.61 Å². The summed E-state index contributed by atoms with van der Waals surface area (Å²) in [7, 11) is 1.98. The maximum Gasteiger partial charge on any atom is 0.194 e. The van der Waals surface area contributed by atoms with Crippen LogP contribution in [-0.2, 0) is 24.9 Å². The van der Waals surface area contributed by atoms with Gasteiger partial charge in [-0.2, -0.15) is 0 Å². The Labute approximate surface area is 128 Å². The van der Waals surface area contributed by atoms with Gasteiger partial charge in [-0.1, -0.05) is 12.1 Å². The molecule has 3 heterocycles. The van der Waals surface area contributed by atoms with Crippen LogP contribution in [0.4, 0.5) is 0 Å². The molecule has 0 radical (unpaired) electrons. The van der Waals surface area contributed by atoms with Gasteiger partial charge in [0, 0.05) is 25.0 Å². The molecule has 0 saturated carbocycles. The van der Waals surface area contributed by atoms with Gasteiger partial charge in [-0.25, -0.2) is 4.98 Å². The summed E-state index contributed by atoms with van der Waals surface area (Å²) in [5.74, 6) is 0.875. The minimum Gasteiger partial charge on any atom is -0.394 e. The maximum absolute atomic E-state index is 5.45. The Balaban J connectivity index is 1.86.